The van der Waals surface area contributed by atoms with Gasteiger partial charge in [-0.25, -0.2) is 0 Å². The molecule has 40 heavy (non-hydrogen) atoms. The summed E-state index contributed by atoms with van der Waals surface area (Å²) in [6.45, 7) is 5.98. The van der Waals surface area contributed by atoms with E-state index in [4.69, 9.17) is 9.97 Å². The number of rotatable bonds is 5. The predicted octanol–water partition coefficient (Wildman–Crippen LogP) is 9.20. The van der Waals surface area contributed by atoms with Gasteiger partial charge in [0.1, 0.15) is 5.69 Å². The van der Waals surface area contributed by atoms with Crippen LogP contribution in [-0.2, 0) is 13.1 Å². The average molecular weight is 555 g/mol. The van der Waals surface area contributed by atoms with Gasteiger partial charge < -0.3 is 9.13 Å². The molecule has 6 aromatic heterocycles. The van der Waals surface area contributed by atoms with E-state index in [-0.39, 0.29) is 0 Å². The lowest BCUT2D eigenvalue weighted by molar-refractivity contribution is 0.881. The number of hydrogen-bond acceptors (Lipinski definition) is 4. The van der Waals surface area contributed by atoms with Crippen molar-refractivity contribution in [3.63, 3.8) is 0 Å². The van der Waals surface area contributed by atoms with Gasteiger partial charge in [0.2, 0.25) is 0 Å². The Labute approximate surface area is 239 Å². The summed E-state index contributed by atoms with van der Waals surface area (Å²) in [4.78, 5) is 15.4. The van der Waals surface area contributed by atoms with Crippen LogP contribution in [-0.4, -0.2) is 19.1 Å². The minimum absolute atomic E-state index is 0.809. The van der Waals surface area contributed by atoms with E-state index in [1.54, 1.807) is 0 Å². The zero-order valence-electron chi connectivity index (χ0n) is 22.3. The van der Waals surface area contributed by atoms with Gasteiger partial charge in [0.05, 0.1) is 36.0 Å². The molecule has 8 rings (SSSR count). The lowest BCUT2D eigenvalue weighted by Crippen LogP contribution is -2.01. The predicted molar refractivity (Wildman–Crippen MR) is 170 cm³/mol. The van der Waals surface area contributed by atoms with Crippen molar-refractivity contribution in [1.29, 1.82) is 0 Å². The Kier molecular flexibility index (Phi) is 5.40. The fraction of sp³-hybridized carbons (Fsp3) is 0.118. The zero-order chi connectivity index (χ0) is 26.8. The van der Waals surface area contributed by atoms with Gasteiger partial charge in [-0.15, -0.1) is 22.7 Å². The van der Waals surface area contributed by atoms with Crippen LogP contribution in [0, 0.1) is 13.8 Å². The number of fused-ring (bicyclic) bond motifs is 6. The van der Waals surface area contributed by atoms with Crippen LogP contribution in [0.4, 0.5) is 0 Å². The molecule has 6 heteroatoms. The molecule has 4 nitrogen and oxygen atoms in total. The minimum atomic E-state index is 0.809. The van der Waals surface area contributed by atoms with E-state index in [1.807, 2.05) is 35.1 Å². The normalized spacial score (nSPS) is 11.9. The van der Waals surface area contributed by atoms with Crippen LogP contribution in [0.2, 0.25) is 0 Å². The Morgan fingerprint density at radius 3 is 1.90 bits per heavy atom. The van der Waals surface area contributed by atoms with Crippen molar-refractivity contribution >= 4 is 66.3 Å². The monoisotopic (exact) mass is 554 g/mol. The summed E-state index contributed by atoms with van der Waals surface area (Å²) < 4.78 is 4.82. The first-order valence-corrected chi connectivity index (χ1v) is 15.1. The molecule has 0 spiro atoms. The Hall–Kier alpha value is -4.26. The molecule has 0 fully saturated rings. The molecule has 0 amide bonds. The first-order chi connectivity index (χ1) is 19.6. The van der Waals surface area contributed by atoms with Crippen LogP contribution in [0.1, 0.15) is 19.5 Å². The second-order valence-corrected chi connectivity index (χ2v) is 13.1. The summed E-state index contributed by atoms with van der Waals surface area (Å²) in [6, 6.07) is 30.6. The van der Waals surface area contributed by atoms with Crippen molar-refractivity contribution in [3.05, 3.63) is 117 Å². The molecule has 6 heterocycles. The van der Waals surface area contributed by atoms with Crippen molar-refractivity contribution in [2.45, 2.75) is 26.9 Å². The number of nitrogens with zero attached hydrogens (tertiary/aromatic N) is 4. The van der Waals surface area contributed by atoms with Crippen LogP contribution in [0.5, 0.6) is 0 Å². The Morgan fingerprint density at radius 1 is 0.600 bits per heavy atom. The number of pyridine rings is 2. The van der Waals surface area contributed by atoms with Gasteiger partial charge >= 0.3 is 0 Å². The smallest absolute Gasteiger partial charge is 0.113 e. The molecular formula is C34H26N4S2. The van der Waals surface area contributed by atoms with E-state index in [0.717, 1.165) is 35.5 Å². The molecular weight excluding hydrogens is 529 g/mol. The van der Waals surface area contributed by atoms with Crippen molar-refractivity contribution in [1.82, 2.24) is 19.1 Å². The summed E-state index contributed by atoms with van der Waals surface area (Å²) >= 11 is 3.71. The highest BCUT2D eigenvalue weighted by Crippen LogP contribution is 2.37. The fourth-order valence-electron chi connectivity index (χ4n) is 6.05. The molecule has 0 atom stereocenters. The summed E-state index contributed by atoms with van der Waals surface area (Å²) in [7, 11) is 0. The van der Waals surface area contributed by atoms with E-state index >= 15 is 0 Å². The second kappa shape index (κ2) is 9.15. The molecule has 8 aromatic rings. The number of para-hydroxylation sites is 2. The molecule has 0 saturated heterocycles. The maximum absolute atomic E-state index is 5.06. The molecule has 0 unspecified atom stereocenters. The summed E-state index contributed by atoms with van der Waals surface area (Å²) in [6.07, 6.45) is 3.97. The van der Waals surface area contributed by atoms with Gasteiger partial charge in [-0.3, -0.25) is 9.97 Å². The highest BCUT2D eigenvalue weighted by atomic mass is 32.1. The number of thiophene rings is 2. The third-order valence-electron chi connectivity index (χ3n) is 7.80. The lowest BCUT2D eigenvalue weighted by Gasteiger charge is -2.10. The van der Waals surface area contributed by atoms with Crippen molar-refractivity contribution < 1.29 is 0 Å². The SMILES string of the molecule is Cc1ccc(Cn2c3ccccc3c3cc(-c4nccc5c6ccccc6n(Cc6ccc(C)s6)c45)ncc32)s1. The summed E-state index contributed by atoms with van der Waals surface area (Å²) in [5.41, 5.74) is 6.57. The number of benzene rings is 2. The van der Waals surface area contributed by atoms with Crippen molar-refractivity contribution in [2.75, 3.05) is 0 Å². The number of aryl methyl sites for hydroxylation is 2. The van der Waals surface area contributed by atoms with E-state index in [2.05, 4.69) is 108 Å². The zero-order valence-corrected chi connectivity index (χ0v) is 23.9. The second-order valence-electron chi connectivity index (χ2n) is 10.4. The molecule has 0 aliphatic carbocycles. The quantitative estimate of drug-likeness (QED) is 0.213. The lowest BCUT2D eigenvalue weighted by atomic mass is 10.1. The standard InChI is InChI=1S/C34H26N4S2/c1-21-11-13-23(39-21)19-37-30-9-5-4-8-26(30)28-17-29(36-18-32(28)37)33-34-27(15-16-35-33)25-7-3-6-10-31(25)38(34)20-24-14-12-22(2)40-24/h3-18H,19-20H2,1-2H3. The van der Waals surface area contributed by atoms with Crippen LogP contribution in [0.25, 0.3) is 55.0 Å². The Morgan fingerprint density at radius 2 is 1.23 bits per heavy atom. The van der Waals surface area contributed by atoms with Gasteiger partial charge in [0.25, 0.3) is 0 Å². The Balaban J connectivity index is 1.36. The molecule has 0 saturated carbocycles. The number of aromatic nitrogens is 4. The van der Waals surface area contributed by atoms with Crippen LogP contribution in [0.3, 0.4) is 0 Å². The van der Waals surface area contributed by atoms with Gasteiger partial charge in [0, 0.05) is 58.3 Å². The van der Waals surface area contributed by atoms with E-state index in [0.29, 0.717) is 0 Å². The summed E-state index contributed by atoms with van der Waals surface area (Å²) in [5, 5.41) is 4.92. The minimum Gasteiger partial charge on any atom is -0.334 e. The molecule has 0 N–H and O–H groups in total. The fourth-order valence-corrected chi connectivity index (χ4v) is 7.81. The topological polar surface area (TPSA) is 35.6 Å². The summed E-state index contributed by atoms with van der Waals surface area (Å²) in [5.74, 6) is 0. The largest absolute Gasteiger partial charge is 0.334 e. The molecule has 0 aliphatic rings. The highest BCUT2D eigenvalue weighted by Gasteiger charge is 2.19. The van der Waals surface area contributed by atoms with Gasteiger partial charge in [-0.05, 0) is 62.4 Å². The third kappa shape index (κ3) is 3.71. The van der Waals surface area contributed by atoms with Gasteiger partial charge in [-0.2, -0.15) is 0 Å². The maximum atomic E-state index is 5.06. The maximum Gasteiger partial charge on any atom is 0.113 e. The number of hydrogen-bond donors (Lipinski definition) is 0. The molecule has 2 aromatic carbocycles. The van der Waals surface area contributed by atoms with Crippen molar-refractivity contribution in [3.8, 4) is 11.4 Å². The van der Waals surface area contributed by atoms with Crippen LogP contribution < -0.4 is 0 Å². The molecule has 0 aliphatic heterocycles. The molecule has 0 bridgehead atoms. The highest BCUT2D eigenvalue weighted by molar-refractivity contribution is 7.12. The van der Waals surface area contributed by atoms with E-state index in [9.17, 15) is 0 Å². The van der Waals surface area contributed by atoms with Crippen LogP contribution in [0.15, 0.2) is 97.3 Å². The van der Waals surface area contributed by atoms with Gasteiger partial charge in [0.15, 0.2) is 0 Å². The molecule has 0 radical (unpaired) electrons. The van der Waals surface area contributed by atoms with Crippen molar-refractivity contribution in [2.24, 2.45) is 0 Å². The van der Waals surface area contributed by atoms with Crippen LogP contribution >= 0.6 is 22.7 Å². The molecule has 194 valence electrons. The average Bonchev–Trinajstić information content (AvgIpc) is 3.74. The van der Waals surface area contributed by atoms with E-state index in [1.165, 1.54) is 52.1 Å². The third-order valence-corrected chi connectivity index (χ3v) is 9.77. The first kappa shape index (κ1) is 23.6. The first-order valence-electron chi connectivity index (χ1n) is 13.5. The van der Waals surface area contributed by atoms with E-state index < -0.39 is 0 Å². The van der Waals surface area contributed by atoms with Gasteiger partial charge in [-0.1, -0.05) is 36.4 Å². The Bertz CT molecular complexity index is 2210.